The average molecular weight is 516 g/mol. The number of benzene rings is 2. The van der Waals surface area contributed by atoms with Gasteiger partial charge in [-0.05, 0) is 56.5 Å². The number of thiazole rings is 1. The highest BCUT2D eigenvalue weighted by molar-refractivity contribution is 7.15. The van der Waals surface area contributed by atoms with Gasteiger partial charge in [-0.2, -0.15) is 5.10 Å². The van der Waals surface area contributed by atoms with Gasteiger partial charge in [-0.3, -0.25) is 14.0 Å². The normalized spacial score (nSPS) is 11.2. The van der Waals surface area contributed by atoms with Crippen LogP contribution in [0.1, 0.15) is 28.2 Å². The van der Waals surface area contributed by atoms with Gasteiger partial charge in [0.05, 0.1) is 23.4 Å². The molecular weight excluding hydrogens is 489 g/mol. The Bertz CT molecular complexity index is 1670. The van der Waals surface area contributed by atoms with Crippen LogP contribution in [0.4, 0.5) is 4.39 Å². The van der Waals surface area contributed by atoms with Crippen LogP contribution in [0.5, 0.6) is 0 Å². The Hall–Kier alpha value is -4.11. The van der Waals surface area contributed by atoms with Crippen molar-refractivity contribution in [3.05, 3.63) is 104 Å². The predicted molar refractivity (Wildman–Crippen MR) is 143 cm³/mol. The van der Waals surface area contributed by atoms with Crippen LogP contribution in [0, 0.1) is 26.6 Å². The van der Waals surface area contributed by atoms with Crippen LogP contribution in [0.25, 0.3) is 21.9 Å². The Morgan fingerprint density at radius 3 is 2.65 bits per heavy atom. The number of amides is 1. The first-order chi connectivity index (χ1) is 17.8. The molecule has 5 aromatic rings. The summed E-state index contributed by atoms with van der Waals surface area (Å²) < 4.78 is 17.1. The van der Waals surface area contributed by atoms with Gasteiger partial charge >= 0.3 is 0 Å². The minimum Gasteiger partial charge on any atom is -0.355 e. The monoisotopic (exact) mass is 515 g/mol. The first-order valence-corrected chi connectivity index (χ1v) is 12.8. The molecule has 2 aromatic carbocycles. The molecule has 1 amide bonds. The molecule has 0 aliphatic rings. The fourth-order valence-electron chi connectivity index (χ4n) is 4.39. The highest BCUT2D eigenvalue weighted by Crippen LogP contribution is 2.25. The van der Waals surface area contributed by atoms with Crippen LogP contribution >= 0.6 is 11.3 Å². The van der Waals surface area contributed by atoms with Gasteiger partial charge in [0.25, 0.3) is 5.56 Å². The van der Waals surface area contributed by atoms with E-state index in [0.717, 1.165) is 23.2 Å². The van der Waals surface area contributed by atoms with Gasteiger partial charge in [0.15, 0.2) is 4.96 Å². The molecule has 0 unspecified atom stereocenters. The molecule has 0 atom stereocenters. The molecule has 0 saturated carbocycles. The van der Waals surface area contributed by atoms with E-state index in [-0.39, 0.29) is 23.7 Å². The maximum absolute atomic E-state index is 13.9. The summed E-state index contributed by atoms with van der Waals surface area (Å²) in [6.45, 7) is 6.02. The molecule has 37 heavy (non-hydrogen) atoms. The van der Waals surface area contributed by atoms with Crippen LogP contribution in [0.2, 0.25) is 0 Å². The Morgan fingerprint density at radius 2 is 1.86 bits per heavy atom. The van der Waals surface area contributed by atoms with E-state index in [1.165, 1.54) is 27.9 Å². The molecule has 7 nitrogen and oxygen atoms in total. The van der Waals surface area contributed by atoms with Crippen molar-refractivity contribution in [3.63, 3.8) is 0 Å². The molecule has 0 aliphatic heterocycles. The third-order valence-electron chi connectivity index (χ3n) is 6.28. The van der Waals surface area contributed by atoms with Gasteiger partial charge in [-0.25, -0.2) is 14.1 Å². The number of halogens is 1. The van der Waals surface area contributed by atoms with Crippen molar-refractivity contribution in [3.8, 4) is 16.9 Å². The SMILES string of the molecule is Cc1ccc(F)cc1-n1nc(-c2c(C)nc3scc(CC(=O)NCCc4ccccc4)n3c2=O)cc1C. The lowest BCUT2D eigenvalue weighted by Gasteiger charge is -2.08. The number of rotatable bonds is 7. The summed E-state index contributed by atoms with van der Waals surface area (Å²) in [5.41, 5.74) is 5.03. The van der Waals surface area contributed by atoms with Crippen molar-refractivity contribution in [1.82, 2.24) is 24.5 Å². The highest BCUT2D eigenvalue weighted by atomic mass is 32.1. The summed E-state index contributed by atoms with van der Waals surface area (Å²) in [5.74, 6) is -0.521. The van der Waals surface area contributed by atoms with Gasteiger partial charge in [0.2, 0.25) is 5.91 Å². The second-order valence-corrected chi connectivity index (χ2v) is 9.83. The summed E-state index contributed by atoms with van der Waals surface area (Å²) in [7, 11) is 0. The second kappa shape index (κ2) is 10.1. The van der Waals surface area contributed by atoms with Crippen molar-refractivity contribution in [2.24, 2.45) is 0 Å². The third-order valence-corrected chi connectivity index (χ3v) is 7.16. The van der Waals surface area contributed by atoms with E-state index in [2.05, 4.69) is 15.4 Å². The van der Waals surface area contributed by atoms with E-state index >= 15 is 0 Å². The third kappa shape index (κ3) is 4.95. The zero-order valence-electron chi connectivity index (χ0n) is 20.8. The fourth-order valence-corrected chi connectivity index (χ4v) is 5.32. The smallest absolute Gasteiger partial charge is 0.268 e. The first kappa shape index (κ1) is 24.6. The van der Waals surface area contributed by atoms with Gasteiger partial charge in [0.1, 0.15) is 11.5 Å². The molecule has 0 saturated heterocycles. The minimum atomic E-state index is -0.360. The number of aryl methyl sites for hydroxylation is 3. The van der Waals surface area contributed by atoms with Crippen molar-refractivity contribution in [1.29, 1.82) is 0 Å². The molecular formula is C28H26FN5O2S. The van der Waals surface area contributed by atoms with E-state index in [4.69, 9.17) is 0 Å². The Labute approximate surface area is 217 Å². The number of nitrogens with zero attached hydrogens (tertiary/aromatic N) is 4. The second-order valence-electron chi connectivity index (χ2n) is 9.00. The summed E-state index contributed by atoms with van der Waals surface area (Å²) in [5, 5.41) is 9.37. The topological polar surface area (TPSA) is 81.3 Å². The molecule has 1 N–H and O–H groups in total. The molecule has 0 radical (unpaired) electrons. The van der Waals surface area contributed by atoms with E-state index in [1.54, 1.807) is 29.1 Å². The zero-order valence-corrected chi connectivity index (χ0v) is 21.6. The van der Waals surface area contributed by atoms with E-state index in [0.29, 0.717) is 39.8 Å². The number of carbonyl (C=O) groups excluding carboxylic acids is 1. The van der Waals surface area contributed by atoms with Gasteiger partial charge in [-0.1, -0.05) is 36.4 Å². The minimum absolute atomic E-state index is 0.0643. The van der Waals surface area contributed by atoms with Crippen LogP contribution < -0.4 is 10.9 Å². The number of nitrogens with one attached hydrogen (secondary N) is 1. The molecule has 0 fully saturated rings. The average Bonchev–Trinajstić information content (AvgIpc) is 3.44. The van der Waals surface area contributed by atoms with Gasteiger partial charge < -0.3 is 5.32 Å². The molecule has 188 valence electrons. The molecule has 0 aliphatic carbocycles. The van der Waals surface area contributed by atoms with Crippen LogP contribution in [-0.2, 0) is 17.6 Å². The molecule has 5 rings (SSSR count). The van der Waals surface area contributed by atoms with Crippen LogP contribution in [0.15, 0.2) is 64.8 Å². The van der Waals surface area contributed by atoms with Gasteiger partial charge in [0, 0.05) is 23.3 Å². The lowest BCUT2D eigenvalue weighted by Crippen LogP contribution is -2.29. The number of carbonyl (C=O) groups is 1. The van der Waals surface area contributed by atoms with Crippen LogP contribution in [0.3, 0.4) is 0 Å². The van der Waals surface area contributed by atoms with Gasteiger partial charge in [-0.15, -0.1) is 11.3 Å². The standard InChI is InChI=1S/C28H26FN5O2S/c1-17-9-10-21(29)14-24(17)34-18(2)13-23(32-34)26-19(3)31-28-33(27(26)36)22(16-37-28)15-25(35)30-12-11-20-7-5-4-6-8-20/h4-10,13-14,16H,11-12,15H2,1-3H3,(H,30,35). The lowest BCUT2D eigenvalue weighted by atomic mass is 10.1. The summed E-state index contributed by atoms with van der Waals surface area (Å²) in [6, 6.07) is 16.3. The Kier molecular flexibility index (Phi) is 6.71. The van der Waals surface area contributed by atoms with E-state index < -0.39 is 0 Å². The Balaban J connectivity index is 1.44. The summed E-state index contributed by atoms with van der Waals surface area (Å²) in [6.07, 6.45) is 0.795. The largest absolute Gasteiger partial charge is 0.355 e. The van der Waals surface area contributed by atoms with E-state index in [1.807, 2.05) is 44.2 Å². The molecule has 0 bridgehead atoms. The lowest BCUT2D eigenvalue weighted by molar-refractivity contribution is -0.120. The molecule has 3 heterocycles. The zero-order chi connectivity index (χ0) is 26.1. The van der Waals surface area contributed by atoms with Crippen molar-refractivity contribution in [2.75, 3.05) is 6.54 Å². The van der Waals surface area contributed by atoms with Crippen molar-refractivity contribution < 1.29 is 9.18 Å². The first-order valence-electron chi connectivity index (χ1n) is 12.0. The fraction of sp³-hybridized carbons (Fsp3) is 0.214. The predicted octanol–water partition coefficient (Wildman–Crippen LogP) is 4.57. The number of hydrogen-bond acceptors (Lipinski definition) is 5. The quantitative estimate of drug-likeness (QED) is 0.344. The maximum Gasteiger partial charge on any atom is 0.268 e. The van der Waals surface area contributed by atoms with Crippen molar-refractivity contribution in [2.45, 2.75) is 33.6 Å². The summed E-state index contributed by atoms with van der Waals surface area (Å²) in [4.78, 5) is 31.5. The molecule has 3 aromatic heterocycles. The van der Waals surface area contributed by atoms with Crippen LogP contribution in [-0.4, -0.2) is 31.6 Å². The summed E-state index contributed by atoms with van der Waals surface area (Å²) >= 11 is 1.32. The van der Waals surface area contributed by atoms with E-state index in [9.17, 15) is 14.0 Å². The maximum atomic E-state index is 13.9. The number of fused-ring (bicyclic) bond motifs is 1. The number of aromatic nitrogens is 4. The molecule has 9 heteroatoms. The van der Waals surface area contributed by atoms with Crippen molar-refractivity contribution >= 4 is 22.2 Å². The Morgan fingerprint density at radius 1 is 1.08 bits per heavy atom. The molecule has 0 spiro atoms. The highest BCUT2D eigenvalue weighted by Gasteiger charge is 2.20. The number of hydrogen-bond donors (Lipinski definition) is 1.